The van der Waals surface area contributed by atoms with Crippen LogP contribution in [0.4, 0.5) is 27.8 Å². The maximum Gasteiger partial charge on any atom is 0.246 e. The fraction of sp³-hybridized carbons (Fsp3) is 0.333. The normalized spacial score (nSPS) is 12.2. The van der Waals surface area contributed by atoms with Crippen molar-refractivity contribution in [2.75, 3.05) is 12.3 Å². The lowest BCUT2D eigenvalue weighted by Crippen LogP contribution is -2.28. The molecule has 2 heterocycles. The Morgan fingerprint density at radius 1 is 0.919 bits per heavy atom. The number of para-hydroxylation sites is 1. The van der Waals surface area contributed by atoms with Crippen LogP contribution in [0.2, 0.25) is 0 Å². The maximum absolute atomic E-state index is 13.9. The highest BCUT2D eigenvalue weighted by atomic mass is 32.2. The molecule has 2 aromatic heterocycles. The van der Waals surface area contributed by atoms with Crippen molar-refractivity contribution in [3.63, 3.8) is 0 Å². The summed E-state index contributed by atoms with van der Waals surface area (Å²) in [6.45, 7) is 2.19. The van der Waals surface area contributed by atoms with Crippen molar-refractivity contribution in [1.82, 2.24) is 19.3 Å². The minimum absolute atomic E-state index is 0.208. The molecule has 0 bridgehead atoms. The number of halogens is 5. The zero-order valence-corrected chi connectivity index (χ0v) is 20.6. The first-order valence-electron chi connectivity index (χ1n) is 11.6. The van der Waals surface area contributed by atoms with Gasteiger partial charge in [0.15, 0.2) is 34.0 Å². The third-order valence-corrected chi connectivity index (χ3v) is 7.46. The second-order valence-corrected chi connectivity index (χ2v) is 10.2. The fourth-order valence-electron chi connectivity index (χ4n) is 4.17. The Bertz CT molecular complexity index is 1560. The van der Waals surface area contributed by atoms with Crippen molar-refractivity contribution in [3.05, 3.63) is 59.2 Å². The van der Waals surface area contributed by atoms with E-state index in [1.54, 1.807) is 0 Å². The Morgan fingerprint density at radius 3 is 2.24 bits per heavy atom. The zero-order valence-electron chi connectivity index (χ0n) is 19.8. The molecule has 0 aliphatic carbocycles. The first kappa shape index (κ1) is 26.7. The molecule has 0 aliphatic rings. The van der Waals surface area contributed by atoms with Gasteiger partial charge in [0.05, 0.1) is 11.0 Å². The van der Waals surface area contributed by atoms with Crippen LogP contribution in [0.3, 0.4) is 0 Å². The van der Waals surface area contributed by atoms with Crippen molar-refractivity contribution >= 4 is 37.8 Å². The summed E-state index contributed by atoms with van der Waals surface area (Å²) in [5, 5.41) is 0.856. The molecule has 13 heteroatoms. The van der Waals surface area contributed by atoms with E-state index in [1.165, 1.54) is 0 Å². The molecule has 0 radical (unpaired) electrons. The van der Waals surface area contributed by atoms with Crippen LogP contribution in [-0.2, 0) is 23.0 Å². The van der Waals surface area contributed by atoms with E-state index >= 15 is 0 Å². The van der Waals surface area contributed by atoms with Gasteiger partial charge in [0, 0.05) is 24.9 Å². The largest absolute Gasteiger partial charge is 0.382 e. The highest BCUT2D eigenvalue weighted by Crippen LogP contribution is 2.30. The lowest BCUT2D eigenvalue weighted by atomic mass is 10.2. The first-order valence-corrected chi connectivity index (χ1v) is 13.1. The smallest absolute Gasteiger partial charge is 0.246 e. The number of rotatable bonds is 10. The van der Waals surface area contributed by atoms with Gasteiger partial charge < -0.3 is 10.3 Å². The number of fused-ring (bicyclic) bond motifs is 3. The van der Waals surface area contributed by atoms with Crippen LogP contribution in [0.5, 0.6) is 0 Å². The summed E-state index contributed by atoms with van der Waals surface area (Å²) >= 11 is 0. The third-order valence-electron chi connectivity index (χ3n) is 5.98. The van der Waals surface area contributed by atoms with Gasteiger partial charge in [-0.15, -0.1) is 0 Å². The molecule has 0 amide bonds. The van der Waals surface area contributed by atoms with Crippen molar-refractivity contribution in [2.45, 2.75) is 50.5 Å². The number of hydrogen-bond donors (Lipinski definition) is 2. The number of sulfonamides is 1. The summed E-state index contributed by atoms with van der Waals surface area (Å²) in [6.07, 6.45) is 3.14. The van der Waals surface area contributed by atoms with Crippen molar-refractivity contribution in [1.29, 1.82) is 0 Å². The summed E-state index contributed by atoms with van der Waals surface area (Å²) in [7, 11) is -5.00. The van der Waals surface area contributed by atoms with E-state index in [4.69, 9.17) is 10.7 Å². The van der Waals surface area contributed by atoms with Crippen LogP contribution < -0.4 is 10.5 Å². The number of imidazole rings is 1. The third kappa shape index (κ3) is 4.97. The number of nitrogens with one attached hydrogen (secondary N) is 1. The monoisotopic (exact) mass is 541 g/mol. The van der Waals surface area contributed by atoms with Crippen LogP contribution in [0.1, 0.15) is 38.4 Å². The average molecular weight is 542 g/mol. The van der Waals surface area contributed by atoms with E-state index in [1.807, 2.05) is 33.6 Å². The molecule has 37 heavy (non-hydrogen) atoms. The molecule has 2 aromatic carbocycles. The Kier molecular flexibility index (Phi) is 7.64. The maximum atomic E-state index is 13.9. The van der Waals surface area contributed by atoms with Crippen LogP contribution in [0.25, 0.3) is 21.9 Å². The number of unbranched alkanes of at least 4 members (excludes halogenated alkanes) is 2. The van der Waals surface area contributed by atoms with Gasteiger partial charge in [-0.25, -0.2) is 45.1 Å². The van der Waals surface area contributed by atoms with Gasteiger partial charge in [-0.2, -0.15) is 0 Å². The number of nitrogens with two attached hydrogens (primary N) is 1. The molecule has 0 saturated carbocycles. The number of nitrogen functional groups attached to an aromatic ring is 1. The fourth-order valence-corrected chi connectivity index (χ4v) is 5.37. The topological polar surface area (TPSA) is 103 Å². The summed E-state index contributed by atoms with van der Waals surface area (Å²) in [5.74, 6) is -10.8. The molecule has 0 aliphatic heterocycles. The SMILES string of the molecule is CCCCc1nc2c(N)nc3ccccc3c2n1CCCCNS(=O)(=O)c1c(F)c(F)c(F)c(F)c1F. The standard InChI is InChI=1S/C24H24F5N5O2S/c1-2-3-10-15-33-21-22(13-8-4-5-9-14(13)32-24(21)30)34(15)12-7-6-11-31-37(35,36)23-19(28)17(26)16(25)18(27)20(23)29/h4-5,8-9,31H,2-3,6-7,10-12H2,1H3,(H2,30,32). The summed E-state index contributed by atoms with van der Waals surface area (Å²) in [5.41, 5.74) is 8.23. The minimum Gasteiger partial charge on any atom is -0.382 e. The number of anilines is 1. The van der Waals surface area contributed by atoms with Gasteiger partial charge in [-0.3, -0.25) is 0 Å². The number of aromatic nitrogens is 3. The summed E-state index contributed by atoms with van der Waals surface area (Å²) in [6, 6.07) is 7.46. The molecular weight excluding hydrogens is 517 g/mol. The van der Waals surface area contributed by atoms with E-state index in [9.17, 15) is 30.4 Å². The van der Waals surface area contributed by atoms with Crippen LogP contribution in [0, 0.1) is 29.1 Å². The molecule has 4 aromatic rings. The van der Waals surface area contributed by atoms with Gasteiger partial charge in [0.2, 0.25) is 15.8 Å². The van der Waals surface area contributed by atoms with Gasteiger partial charge in [0.25, 0.3) is 0 Å². The predicted octanol–water partition coefficient (Wildman–Crippen LogP) is 4.96. The van der Waals surface area contributed by atoms with Crippen LogP contribution >= 0.6 is 0 Å². The highest BCUT2D eigenvalue weighted by Gasteiger charge is 2.33. The lowest BCUT2D eigenvalue weighted by molar-refractivity contribution is 0.357. The number of hydrogen-bond acceptors (Lipinski definition) is 5. The van der Waals surface area contributed by atoms with E-state index in [2.05, 4.69) is 11.9 Å². The van der Waals surface area contributed by atoms with Gasteiger partial charge in [0.1, 0.15) is 11.3 Å². The number of pyridine rings is 1. The Hall–Kier alpha value is -3.32. The van der Waals surface area contributed by atoms with Gasteiger partial charge in [-0.05, 0) is 25.3 Å². The van der Waals surface area contributed by atoms with Crippen molar-refractivity contribution < 1.29 is 30.4 Å². The summed E-state index contributed by atoms with van der Waals surface area (Å²) < 4.78 is 96.6. The second kappa shape index (κ2) is 10.6. The van der Waals surface area contributed by atoms with E-state index in [-0.39, 0.29) is 13.0 Å². The molecule has 0 atom stereocenters. The van der Waals surface area contributed by atoms with Crippen molar-refractivity contribution in [2.24, 2.45) is 0 Å². The molecular formula is C24H24F5N5O2S. The number of nitrogens with zero attached hydrogens (tertiary/aromatic N) is 3. The minimum atomic E-state index is -5.00. The molecule has 0 saturated heterocycles. The van der Waals surface area contributed by atoms with Crippen LogP contribution in [-0.4, -0.2) is 29.5 Å². The molecule has 7 nitrogen and oxygen atoms in total. The second-order valence-electron chi connectivity index (χ2n) is 8.50. The van der Waals surface area contributed by atoms with Gasteiger partial charge in [-0.1, -0.05) is 31.5 Å². The quantitative estimate of drug-likeness (QED) is 0.128. The van der Waals surface area contributed by atoms with Crippen molar-refractivity contribution in [3.8, 4) is 0 Å². The predicted molar refractivity (Wildman–Crippen MR) is 129 cm³/mol. The number of benzene rings is 2. The van der Waals surface area contributed by atoms with E-state index in [0.29, 0.717) is 36.2 Å². The first-order chi connectivity index (χ1) is 17.6. The molecule has 0 fully saturated rings. The molecule has 198 valence electrons. The van der Waals surface area contributed by atoms with E-state index in [0.717, 1.165) is 29.6 Å². The highest BCUT2D eigenvalue weighted by molar-refractivity contribution is 7.89. The molecule has 4 rings (SSSR count). The molecule has 0 spiro atoms. The molecule has 3 N–H and O–H groups in total. The number of aryl methyl sites for hydroxylation is 2. The van der Waals surface area contributed by atoms with Crippen LogP contribution in [0.15, 0.2) is 29.2 Å². The lowest BCUT2D eigenvalue weighted by Gasteiger charge is -2.12. The average Bonchev–Trinajstić information content (AvgIpc) is 3.24. The zero-order chi connectivity index (χ0) is 26.9. The van der Waals surface area contributed by atoms with Gasteiger partial charge >= 0.3 is 0 Å². The Morgan fingerprint density at radius 2 is 1.57 bits per heavy atom. The van der Waals surface area contributed by atoms with E-state index < -0.39 is 44.0 Å². The Balaban J connectivity index is 1.54. The Labute approximate surface area is 209 Å². The molecule has 0 unspecified atom stereocenters. The summed E-state index contributed by atoms with van der Waals surface area (Å²) in [4.78, 5) is 7.22.